The summed E-state index contributed by atoms with van der Waals surface area (Å²) in [5, 5.41) is 17.0. The number of phenolic OH excluding ortho intramolecular Hbond substituents is 1. The number of carbonyl (C=O) groups excluding carboxylic acids is 1. The predicted molar refractivity (Wildman–Crippen MR) is 149 cm³/mol. The first-order chi connectivity index (χ1) is 16.8. The molecule has 0 aliphatic rings. The Bertz CT molecular complexity index is 1020. The largest absolute Gasteiger partial charge is 0.504 e. The number of hydrogen-bond donors (Lipinski definition) is 3. The van der Waals surface area contributed by atoms with E-state index in [-0.39, 0.29) is 29.1 Å². The summed E-state index contributed by atoms with van der Waals surface area (Å²) in [4.78, 5) is 12.4. The average molecular weight is 515 g/mol. The zero-order valence-electron chi connectivity index (χ0n) is 22.9. The molecule has 0 fully saturated rings. The van der Waals surface area contributed by atoms with E-state index in [4.69, 9.17) is 21.7 Å². The zero-order valence-corrected chi connectivity index (χ0v) is 23.7. The Morgan fingerprint density at radius 1 is 1.06 bits per heavy atom. The SMILES string of the molecule is CCC(COC(=O)C(C)(C)C)C(NC(=S)NCc1ccc(O)c(OC)c1)c1ccc(C(C)(C)C)cc1. The third kappa shape index (κ3) is 8.40. The number of methoxy groups -OCH3 is 1. The number of thiocarbonyl (C=S) groups is 1. The van der Waals surface area contributed by atoms with Crippen molar-refractivity contribution in [2.75, 3.05) is 13.7 Å². The van der Waals surface area contributed by atoms with Gasteiger partial charge in [0.05, 0.1) is 25.2 Å². The molecule has 0 saturated carbocycles. The molecular weight excluding hydrogens is 472 g/mol. The van der Waals surface area contributed by atoms with E-state index in [1.54, 1.807) is 12.1 Å². The molecule has 2 unspecified atom stereocenters. The van der Waals surface area contributed by atoms with Crippen molar-refractivity contribution in [2.45, 2.75) is 72.9 Å². The standard InChI is InChI=1S/C29H42N2O4S/c1-9-20(18-35-26(33)29(5,6)7)25(21-11-13-22(14-12-21)28(2,3)4)31-27(36)30-17-19-10-15-23(32)24(16-19)34-8/h10-16,20,25,32H,9,17-18H2,1-8H3,(H2,30,31,36). The molecule has 0 aliphatic carbocycles. The molecule has 0 amide bonds. The number of phenols is 1. The number of aromatic hydroxyl groups is 1. The first kappa shape index (κ1) is 29.4. The second kappa shape index (κ2) is 12.4. The van der Waals surface area contributed by atoms with Crippen molar-refractivity contribution in [1.29, 1.82) is 0 Å². The molecule has 198 valence electrons. The van der Waals surface area contributed by atoms with Crippen LogP contribution in [0.1, 0.15) is 77.6 Å². The van der Waals surface area contributed by atoms with Gasteiger partial charge >= 0.3 is 5.97 Å². The van der Waals surface area contributed by atoms with Crippen molar-refractivity contribution >= 4 is 23.3 Å². The maximum Gasteiger partial charge on any atom is 0.311 e. The van der Waals surface area contributed by atoms with Gasteiger partial charge in [0, 0.05) is 12.5 Å². The zero-order chi connectivity index (χ0) is 27.1. The fourth-order valence-corrected chi connectivity index (χ4v) is 3.92. The van der Waals surface area contributed by atoms with Crippen LogP contribution in [0.15, 0.2) is 42.5 Å². The van der Waals surface area contributed by atoms with E-state index in [9.17, 15) is 9.90 Å². The van der Waals surface area contributed by atoms with Gasteiger partial charge in [0.25, 0.3) is 0 Å². The van der Waals surface area contributed by atoms with E-state index in [0.29, 0.717) is 24.0 Å². The summed E-state index contributed by atoms with van der Waals surface area (Å²) in [5.41, 5.74) is 2.75. The number of hydrogen-bond acceptors (Lipinski definition) is 5. The van der Waals surface area contributed by atoms with Crippen LogP contribution >= 0.6 is 12.2 Å². The van der Waals surface area contributed by atoms with Crippen molar-refractivity contribution < 1.29 is 19.4 Å². The first-order valence-electron chi connectivity index (χ1n) is 12.4. The minimum Gasteiger partial charge on any atom is -0.504 e. The van der Waals surface area contributed by atoms with Crippen LogP contribution in [0.2, 0.25) is 0 Å². The summed E-state index contributed by atoms with van der Waals surface area (Å²) in [6.07, 6.45) is 0.799. The molecule has 36 heavy (non-hydrogen) atoms. The Balaban J connectivity index is 2.22. The Labute approximate surface area is 221 Å². The van der Waals surface area contributed by atoms with Crippen LogP contribution < -0.4 is 15.4 Å². The van der Waals surface area contributed by atoms with Crippen LogP contribution in [0.25, 0.3) is 0 Å². The molecule has 2 atom stereocenters. The Morgan fingerprint density at radius 2 is 1.69 bits per heavy atom. The third-order valence-corrected chi connectivity index (χ3v) is 6.42. The van der Waals surface area contributed by atoms with Crippen molar-refractivity contribution in [2.24, 2.45) is 11.3 Å². The summed E-state index contributed by atoms with van der Waals surface area (Å²) in [5.74, 6) is 0.308. The molecule has 2 rings (SSSR count). The normalized spacial score (nSPS) is 13.4. The van der Waals surface area contributed by atoms with E-state index in [2.05, 4.69) is 62.6 Å². The molecule has 0 aromatic heterocycles. The fraction of sp³-hybridized carbons (Fsp3) is 0.517. The Hall–Kier alpha value is -2.80. The molecule has 3 N–H and O–H groups in total. The minimum absolute atomic E-state index is 0.0188. The highest BCUT2D eigenvalue weighted by atomic mass is 32.1. The highest BCUT2D eigenvalue weighted by Crippen LogP contribution is 2.30. The Kier molecular flexibility index (Phi) is 10.2. The van der Waals surface area contributed by atoms with Gasteiger partial charge in [0.1, 0.15) is 0 Å². The molecule has 2 aromatic carbocycles. The van der Waals surface area contributed by atoms with Crippen molar-refractivity contribution in [3.63, 3.8) is 0 Å². The Morgan fingerprint density at radius 3 is 2.22 bits per heavy atom. The van der Waals surface area contributed by atoms with Gasteiger partial charge in [0.2, 0.25) is 0 Å². The smallest absolute Gasteiger partial charge is 0.311 e. The number of carbonyl (C=O) groups is 1. The molecule has 0 spiro atoms. The summed E-state index contributed by atoms with van der Waals surface area (Å²) < 4.78 is 10.9. The van der Waals surface area contributed by atoms with Gasteiger partial charge in [-0.05, 0) is 73.6 Å². The molecule has 6 nitrogen and oxygen atoms in total. The lowest BCUT2D eigenvalue weighted by Gasteiger charge is -2.30. The number of rotatable bonds is 9. The maximum atomic E-state index is 12.4. The van der Waals surface area contributed by atoms with E-state index < -0.39 is 5.41 Å². The average Bonchev–Trinajstić information content (AvgIpc) is 2.81. The summed E-state index contributed by atoms with van der Waals surface area (Å²) in [7, 11) is 1.52. The topological polar surface area (TPSA) is 79.8 Å². The number of esters is 1. The number of benzene rings is 2. The van der Waals surface area contributed by atoms with Crippen LogP contribution in [-0.4, -0.2) is 29.9 Å². The van der Waals surface area contributed by atoms with Crippen LogP contribution in [0.3, 0.4) is 0 Å². The number of nitrogens with one attached hydrogen (secondary N) is 2. The monoisotopic (exact) mass is 514 g/mol. The molecule has 0 aliphatic heterocycles. The van der Waals surface area contributed by atoms with Gasteiger partial charge in [-0.15, -0.1) is 0 Å². The van der Waals surface area contributed by atoms with E-state index in [1.807, 2.05) is 26.8 Å². The van der Waals surface area contributed by atoms with Crippen LogP contribution in [-0.2, 0) is 21.5 Å². The van der Waals surface area contributed by atoms with Crippen molar-refractivity contribution in [3.8, 4) is 11.5 Å². The second-order valence-electron chi connectivity index (χ2n) is 11.2. The lowest BCUT2D eigenvalue weighted by molar-refractivity contribution is -0.154. The first-order valence-corrected chi connectivity index (χ1v) is 12.8. The van der Waals surface area contributed by atoms with Crippen molar-refractivity contribution in [3.05, 3.63) is 59.2 Å². The van der Waals surface area contributed by atoms with E-state index in [1.165, 1.54) is 12.7 Å². The van der Waals surface area contributed by atoms with Gasteiger partial charge in [-0.25, -0.2) is 0 Å². The lowest BCUT2D eigenvalue weighted by atomic mass is 9.84. The van der Waals surface area contributed by atoms with Gasteiger partial charge in [0.15, 0.2) is 16.6 Å². The van der Waals surface area contributed by atoms with Gasteiger partial charge in [-0.1, -0.05) is 58.0 Å². The summed E-state index contributed by atoms with van der Waals surface area (Å²) >= 11 is 5.65. The van der Waals surface area contributed by atoms with Gasteiger partial charge in [-0.3, -0.25) is 4.79 Å². The number of ether oxygens (including phenoxy) is 2. The maximum absolute atomic E-state index is 12.4. The van der Waals surface area contributed by atoms with Gasteiger partial charge < -0.3 is 25.2 Å². The van der Waals surface area contributed by atoms with E-state index in [0.717, 1.165) is 17.5 Å². The van der Waals surface area contributed by atoms with Gasteiger partial charge in [-0.2, -0.15) is 0 Å². The van der Waals surface area contributed by atoms with Crippen molar-refractivity contribution in [1.82, 2.24) is 10.6 Å². The highest BCUT2D eigenvalue weighted by molar-refractivity contribution is 7.80. The minimum atomic E-state index is -0.558. The summed E-state index contributed by atoms with van der Waals surface area (Å²) in [6, 6.07) is 13.6. The lowest BCUT2D eigenvalue weighted by Crippen LogP contribution is -2.41. The van der Waals surface area contributed by atoms with E-state index >= 15 is 0 Å². The molecular formula is C29H42N2O4S. The molecule has 2 aromatic rings. The van der Waals surface area contributed by atoms with Crippen LogP contribution in [0, 0.1) is 11.3 Å². The third-order valence-electron chi connectivity index (χ3n) is 6.16. The quantitative estimate of drug-likeness (QED) is 0.279. The van der Waals surface area contributed by atoms with Crippen LogP contribution in [0.5, 0.6) is 11.5 Å². The molecule has 0 bridgehead atoms. The molecule has 7 heteroatoms. The predicted octanol–water partition coefficient (Wildman–Crippen LogP) is 6.02. The summed E-state index contributed by atoms with van der Waals surface area (Å²) in [6.45, 7) is 15.0. The molecule has 0 radical (unpaired) electrons. The molecule has 0 saturated heterocycles. The molecule has 0 heterocycles. The second-order valence-corrected chi connectivity index (χ2v) is 11.6. The fourth-order valence-electron chi connectivity index (χ4n) is 3.72. The van der Waals surface area contributed by atoms with Crippen LogP contribution in [0.4, 0.5) is 0 Å². The highest BCUT2D eigenvalue weighted by Gasteiger charge is 2.28.